The molecule has 3 aromatic rings. The zero-order valence-electron chi connectivity index (χ0n) is 20.4. The van der Waals surface area contributed by atoms with Gasteiger partial charge in [-0.3, -0.25) is 9.10 Å². The van der Waals surface area contributed by atoms with Gasteiger partial charge in [-0.1, -0.05) is 66.0 Å². The number of carbonyl (C=O) groups excluding carboxylic acids is 1. The molecule has 0 radical (unpaired) electrons. The highest BCUT2D eigenvalue weighted by Gasteiger charge is 2.30. The van der Waals surface area contributed by atoms with Crippen molar-refractivity contribution in [2.24, 2.45) is 0 Å². The third-order valence-corrected chi connectivity index (χ3v) is 8.92. The van der Waals surface area contributed by atoms with Crippen molar-refractivity contribution in [3.05, 3.63) is 93.0 Å². The van der Waals surface area contributed by atoms with Gasteiger partial charge in [-0.15, -0.1) is 0 Å². The van der Waals surface area contributed by atoms with E-state index < -0.39 is 22.5 Å². The Labute approximate surface area is 223 Å². The van der Waals surface area contributed by atoms with E-state index in [4.69, 9.17) is 23.2 Å². The van der Waals surface area contributed by atoms with Crippen LogP contribution in [-0.2, 0) is 27.7 Å². The minimum atomic E-state index is -4.10. The number of amides is 1. The maximum Gasteiger partial charge on any atom is 0.264 e. The number of hydrogen-bond acceptors (Lipinski definition) is 3. The van der Waals surface area contributed by atoms with Crippen LogP contribution in [0.15, 0.2) is 65.6 Å². The third-order valence-electron chi connectivity index (χ3n) is 6.59. The van der Waals surface area contributed by atoms with Crippen LogP contribution in [0.1, 0.15) is 54.5 Å². The molecule has 0 heterocycles. The quantitative estimate of drug-likeness (QED) is 0.345. The van der Waals surface area contributed by atoms with Gasteiger partial charge < -0.3 is 5.32 Å². The molecule has 0 aromatic heterocycles. The molecule has 1 aliphatic rings. The summed E-state index contributed by atoms with van der Waals surface area (Å²) < 4.78 is 28.4. The van der Waals surface area contributed by atoms with Gasteiger partial charge in [-0.2, -0.15) is 0 Å². The summed E-state index contributed by atoms with van der Waals surface area (Å²) in [6.45, 7) is 3.44. The number of carbonyl (C=O) groups is 1. The van der Waals surface area contributed by atoms with E-state index in [1.54, 1.807) is 18.2 Å². The van der Waals surface area contributed by atoms with Gasteiger partial charge in [0.2, 0.25) is 5.91 Å². The second-order valence-electron chi connectivity index (χ2n) is 9.18. The van der Waals surface area contributed by atoms with Crippen LogP contribution in [0, 0.1) is 6.92 Å². The number of hydrogen-bond donors (Lipinski definition) is 1. The van der Waals surface area contributed by atoms with Crippen molar-refractivity contribution in [2.75, 3.05) is 10.8 Å². The van der Waals surface area contributed by atoms with E-state index in [-0.39, 0.29) is 21.6 Å². The highest BCUT2D eigenvalue weighted by Crippen LogP contribution is 2.33. The van der Waals surface area contributed by atoms with E-state index >= 15 is 0 Å². The number of benzene rings is 3. The lowest BCUT2D eigenvalue weighted by Crippen LogP contribution is -2.42. The van der Waals surface area contributed by atoms with Crippen molar-refractivity contribution in [1.82, 2.24) is 5.32 Å². The third kappa shape index (κ3) is 5.88. The van der Waals surface area contributed by atoms with Crippen molar-refractivity contribution in [1.29, 1.82) is 0 Å². The van der Waals surface area contributed by atoms with Crippen molar-refractivity contribution < 1.29 is 13.2 Å². The average molecular weight is 546 g/mol. The fraction of sp³-hybridized carbons (Fsp3) is 0.321. The standard InChI is InChI=1S/C28H30Cl2N2O3S/c1-3-26(22-11-10-20-6-4-5-7-21(20)16-22)31-28(33)18-32(27-17-23(29)12-15-25(27)30)36(34,35)24-13-8-19(2)9-14-24/h8-17,26H,3-7,18H2,1-2H3,(H,31,33). The zero-order valence-corrected chi connectivity index (χ0v) is 22.8. The number of rotatable bonds is 8. The molecule has 190 valence electrons. The Morgan fingerprint density at radius 2 is 1.67 bits per heavy atom. The van der Waals surface area contributed by atoms with Crippen molar-refractivity contribution in [2.45, 2.75) is 56.9 Å². The van der Waals surface area contributed by atoms with Crippen LogP contribution in [0.4, 0.5) is 5.69 Å². The topological polar surface area (TPSA) is 66.5 Å². The van der Waals surface area contributed by atoms with Crippen molar-refractivity contribution in [3.63, 3.8) is 0 Å². The molecule has 0 saturated carbocycles. The van der Waals surface area contributed by atoms with E-state index in [2.05, 4.69) is 23.5 Å². The first kappa shape index (κ1) is 26.5. The Bertz CT molecular complexity index is 1360. The molecular formula is C28H30Cl2N2O3S. The largest absolute Gasteiger partial charge is 0.348 e. The molecule has 0 fully saturated rings. The monoisotopic (exact) mass is 544 g/mol. The molecular weight excluding hydrogens is 515 g/mol. The predicted octanol–water partition coefficient (Wildman–Crippen LogP) is 6.64. The normalized spacial score (nSPS) is 14.1. The summed E-state index contributed by atoms with van der Waals surface area (Å²) in [7, 11) is -4.10. The summed E-state index contributed by atoms with van der Waals surface area (Å²) in [6.07, 6.45) is 5.19. The molecule has 8 heteroatoms. The number of sulfonamides is 1. The first-order valence-electron chi connectivity index (χ1n) is 12.1. The van der Waals surface area contributed by atoms with Gasteiger partial charge in [-0.25, -0.2) is 8.42 Å². The molecule has 1 aliphatic carbocycles. The lowest BCUT2D eigenvalue weighted by atomic mass is 9.89. The zero-order chi connectivity index (χ0) is 25.9. The van der Waals surface area contributed by atoms with E-state index in [0.717, 1.165) is 28.3 Å². The minimum Gasteiger partial charge on any atom is -0.348 e. The Hall–Kier alpha value is -2.54. The van der Waals surface area contributed by atoms with Gasteiger partial charge in [0.1, 0.15) is 6.54 Å². The molecule has 4 rings (SSSR count). The number of aryl methyl sites for hydroxylation is 3. The molecule has 1 unspecified atom stereocenters. The summed E-state index contributed by atoms with van der Waals surface area (Å²) in [6, 6.07) is 17.2. The highest BCUT2D eigenvalue weighted by molar-refractivity contribution is 7.92. The van der Waals surface area contributed by atoms with Crippen LogP contribution in [0.5, 0.6) is 0 Å². The second kappa shape index (κ2) is 11.2. The van der Waals surface area contributed by atoms with Gasteiger partial charge in [0, 0.05) is 5.02 Å². The molecule has 0 saturated heterocycles. The van der Waals surface area contributed by atoms with Crippen LogP contribution in [-0.4, -0.2) is 20.9 Å². The molecule has 0 bridgehead atoms. The van der Waals surface area contributed by atoms with Crippen LogP contribution in [0.25, 0.3) is 0 Å². The summed E-state index contributed by atoms with van der Waals surface area (Å²) in [5, 5.41) is 3.54. The minimum absolute atomic E-state index is 0.0682. The number of nitrogens with one attached hydrogen (secondary N) is 1. The molecule has 0 spiro atoms. The summed E-state index contributed by atoms with van der Waals surface area (Å²) in [5.74, 6) is -0.425. The molecule has 3 aromatic carbocycles. The van der Waals surface area contributed by atoms with Crippen LogP contribution in [0.3, 0.4) is 0 Å². The fourth-order valence-electron chi connectivity index (χ4n) is 4.58. The van der Waals surface area contributed by atoms with E-state index in [9.17, 15) is 13.2 Å². The Balaban J connectivity index is 1.63. The van der Waals surface area contributed by atoms with Crippen LogP contribution < -0.4 is 9.62 Å². The molecule has 0 aliphatic heterocycles. The van der Waals surface area contributed by atoms with E-state index in [0.29, 0.717) is 11.4 Å². The van der Waals surface area contributed by atoms with Gasteiger partial charge in [0.15, 0.2) is 0 Å². The Morgan fingerprint density at radius 1 is 0.972 bits per heavy atom. The van der Waals surface area contributed by atoms with Crippen molar-refractivity contribution >= 4 is 44.8 Å². The maximum atomic E-state index is 13.7. The number of nitrogens with zero attached hydrogens (tertiary/aromatic N) is 1. The van der Waals surface area contributed by atoms with Gasteiger partial charge in [0.25, 0.3) is 10.0 Å². The SMILES string of the molecule is CCC(NC(=O)CN(c1cc(Cl)ccc1Cl)S(=O)(=O)c1ccc(C)cc1)c1ccc2c(c1)CCCC2. The van der Waals surface area contributed by atoms with E-state index in [1.807, 2.05) is 13.8 Å². The summed E-state index contributed by atoms with van der Waals surface area (Å²) in [4.78, 5) is 13.4. The smallest absolute Gasteiger partial charge is 0.264 e. The fourth-order valence-corrected chi connectivity index (χ4v) is 6.44. The average Bonchev–Trinajstić information content (AvgIpc) is 2.87. The molecule has 1 N–H and O–H groups in total. The molecule has 1 atom stereocenters. The van der Waals surface area contributed by atoms with E-state index in [1.165, 1.54) is 48.2 Å². The van der Waals surface area contributed by atoms with Crippen molar-refractivity contribution in [3.8, 4) is 0 Å². The lowest BCUT2D eigenvalue weighted by molar-refractivity contribution is -0.120. The molecule has 5 nitrogen and oxygen atoms in total. The Kier molecular flexibility index (Phi) is 8.28. The van der Waals surface area contributed by atoms with Crippen LogP contribution in [0.2, 0.25) is 10.0 Å². The summed E-state index contributed by atoms with van der Waals surface area (Å²) >= 11 is 12.6. The maximum absolute atomic E-state index is 13.7. The van der Waals surface area contributed by atoms with Gasteiger partial charge in [-0.05, 0) is 86.1 Å². The van der Waals surface area contributed by atoms with Gasteiger partial charge >= 0.3 is 0 Å². The van der Waals surface area contributed by atoms with Gasteiger partial charge in [0.05, 0.1) is 21.6 Å². The molecule has 1 amide bonds. The highest BCUT2D eigenvalue weighted by atomic mass is 35.5. The number of halogens is 2. The lowest BCUT2D eigenvalue weighted by Gasteiger charge is -2.27. The molecule has 36 heavy (non-hydrogen) atoms. The first-order valence-corrected chi connectivity index (χ1v) is 14.3. The number of anilines is 1. The predicted molar refractivity (Wildman–Crippen MR) is 146 cm³/mol. The number of fused-ring (bicyclic) bond motifs is 1. The first-order chi connectivity index (χ1) is 17.2. The summed E-state index contributed by atoms with van der Waals surface area (Å²) in [5.41, 5.74) is 4.81. The second-order valence-corrected chi connectivity index (χ2v) is 11.9. The van der Waals surface area contributed by atoms with Crippen LogP contribution >= 0.6 is 23.2 Å². The Morgan fingerprint density at radius 3 is 2.36 bits per heavy atom.